The number of fused-ring (bicyclic) bond motifs is 1. The van der Waals surface area contributed by atoms with Crippen LogP contribution < -0.4 is 9.47 Å². The van der Waals surface area contributed by atoms with Crippen molar-refractivity contribution in [2.24, 2.45) is 0 Å². The largest absolute Gasteiger partial charge is 0.497 e. The van der Waals surface area contributed by atoms with Crippen LogP contribution >= 0.6 is 0 Å². The fraction of sp³-hybridized carbons (Fsp3) is 0.200. The number of nitrogens with zero attached hydrogens (tertiary/aromatic N) is 1. The Morgan fingerprint density at radius 2 is 1.65 bits per heavy atom. The molecule has 0 aliphatic carbocycles. The molecule has 0 fully saturated rings. The fourth-order valence-electron chi connectivity index (χ4n) is 2.91. The molecule has 0 atom stereocenters. The Kier molecular flexibility index (Phi) is 5.15. The molecule has 0 saturated carbocycles. The highest BCUT2D eigenvalue weighted by molar-refractivity contribution is 7.89. The van der Waals surface area contributed by atoms with E-state index in [9.17, 15) is 8.42 Å². The maximum absolute atomic E-state index is 13.1. The third-order valence-corrected chi connectivity index (χ3v) is 6.16. The normalized spacial score (nSPS) is 11.7. The molecular weight excluding hydrogens is 350 g/mol. The molecule has 0 aromatic heterocycles. The minimum atomic E-state index is -3.75. The molecule has 3 rings (SSSR count). The third kappa shape index (κ3) is 3.38. The first-order valence-electron chi connectivity index (χ1n) is 8.12. The number of ether oxygens (including phenoxy) is 2. The van der Waals surface area contributed by atoms with Gasteiger partial charge in [0.05, 0.1) is 14.2 Å². The van der Waals surface area contributed by atoms with Gasteiger partial charge in [0.25, 0.3) is 0 Å². The zero-order valence-corrected chi connectivity index (χ0v) is 15.8. The molecule has 0 aliphatic rings. The average molecular weight is 371 g/mol. The van der Waals surface area contributed by atoms with E-state index in [4.69, 9.17) is 9.47 Å². The van der Waals surface area contributed by atoms with Crippen LogP contribution in [0.3, 0.4) is 0 Å². The van der Waals surface area contributed by atoms with E-state index >= 15 is 0 Å². The quantitative estimate of drug-likeness (QED) is 0.663. The highest BCUT2D eigenvalue weighted by atomic mass is 32.2. The van der Waals surface area contributed by atoms with Gasteiger partial charge in [-0.3, -0.25) is 0 Å². The summed E-state index contributed by atoms with van der Waals surface area (Å²) in [4.78, 5) is 0.0853. The predicted octanol–water partition coefficient (Wildman–Crippen LogP) is 3.68. The van der Waals surface area contributed by atoms with Gasteiger partial charge in [-0.25, -0.2) is 8.42 Å². The van der Waals surface area contributed by atoms with Crippen molar-refractivity contribution in [3.05, 3.63) is 66.2 Å². The summed E-state index contributed by atoms with van der Waals surface area (Å²) in [6.45, 7) is 0.254. The Balaban J connectivity index is 2.00. The highest BCUT2D eigenvalue weighted by Gasteiger charge is 2.26. The van der Waals surface area contributed by atoms with Gasteiger partial charge in [-0.2, -0.15) is 4.31 Å². The van der Waals surface area contributed by atoms with E-state index in [0.717, 1.165) is 16.3 Å². The number of sulfonamides is 1. The van der Waals surface area contributed by atoms with Gasteiger partial charge in [0, 0.05) is 19.7 Å². The van der Waals surface area contributed by atoms with Crippen LogP contribution in [0.2, 0.25) is 0 Å². The molecule has 136 valence electrons. The van der Waals surface area contributed by atoms with E-state index in [1.807, 2.05) is 42.5 Å². The first-order valence-corrected chi connectivity index (χ1v) is 9.56. The molecule has 3 aromatic rings. The van der Waals surface area contributed by atoms with Crippen molar-refractivity contribution in [1.82, 2.24) is 4.31 Å². The number of hydrogen-bond donors (Lipinski definition) is 0. The van der Waals surface area contributed by atoms with Crippen LogP contribution in [-0.4, -0.2) is 34.0 Å². The molecule has 0 aliphatic heterocycles. The average Bonchev–Trinajstić information content (AvgIpc) is 2.67. The topological polar surface area (TPSA) is 55.8 Å². The maximum atomic E-state index is 13.1. The smallest absolute Gasteiger partial charge is 0.246 e. The Morgan fingerprint density at radius 1 is 0.923 bits per heavy atom. The second-order valence-corrected chi connectivity index (χ2v) is 7.93. The summed E-state index contributed by atoms with van der Waals surface area (Å²) in [5.41, 5.74) is 0.941. The lowest BCUT2D eigenvalue weighted by Crippen LogP contribution is -2.27. The van der Waals surface area contributed by atoms with Gasteiger partial charge in [0.15, 0.2) is 0 Å². The zero-order valence-electron chi connectivity index (χ0n) is 15.0. The Hall–Kier alpha value is -2.57. The van der Waals surface area contributed by atoms with Crippen molar-refractivity contribution in [2.75, 3.05) is 21.3 Å². The van der Waals surface area contributed by atoms with Gasteiger partial charge in [-0.15, -0.1) is 0 Å². The second-order valence-electron chi connectivity index (χ2n) is 5.92. The van der Waals surface area contributed by atoms with Crippen molar-refractivity contribution in [2.45, 2.75) is 11.4 Å². The van der Waals surface area contributed by atoms with Crippen molar-refractivity contribution >= 4 is 20.8 Å². The first-order chi connectivity index (χ1) is 12.5. The van der Waals surface area contributed by atoms with Gasteiger partial charge in [0.1, 0.15) is 16.4 Å². The van der Waals surface area contributed by atoms with Gasteiger partial charge < -0.3 is 9.47 Å². The number of rotatable bonds is 6. The maximum Gasteiger partial charge on any atom is 0.246 e. The highest BCUT2D eigenvalue weighted by Crippen LogP contribution is 2.31. The molecule has 0 amide bonds. The Morgan fingerprint density at radius 3 is 2.38 bits per heavy atom. The number of methoxy groups -OCH3 is 2. The van der Waals surface area contributed by atoms with Crippen LogP contribution in [0.15, 0.2) is 65.6 Å². The van der Waals surface area contributed by atoms with Crippen molar-refractivity contribution in [1.29, 1.82) is 0 Å². The van der Waals surface area contributed by atoms with E-state index in [0.29, 0.717) is 5.75 Å². The molecule has 6 heteroatoms. The molecule has 0 bridgehead atoms. The molecule has 0 saturated heterocycles. The molecule has 0 N–H and O–H groups in total. The van der Waals surface area contributed by atoms with Crippen LogP contribution in [0.1, 0.15) is 5.56 Å². The minimum absolute atomic E-state index is 0.0853. The molecule has 0 radical (unpaired) electrons. The molecule has 3 aromatic carbocycles. The third-order valence-electron chi connectivity index (χ3n) is 4.33. The summed E-state index contributed by atoms with van der Waals surface area (Å²) < 4.78 is 38.0. The van der Waals surface area contributed by atoms with E-state index in [1.165, 1.54) is 24.6 Å². The summed E-state index contributed by atoms with van der Waals surface area (Å²) in [7, 11) is 0.761. The lowest BCUT2D eigenvalue weighted by atomic mass is 10.0. The molecule has 0 spiro atoms. The van der Waals surface area contributed by atoms with E-state index in [1.54, 1.807) is 19.2 Å². The standard InChI is InChI=1S/C20H21NO4S/c1-21(14-16-9-6-8-15-7-4-5-10-18(15)16)26(22,23)20-13-17(24-2)11-12-19(20)25-3/h4-13H,14H2,1-3H3. The second kappa shape index (κ2) is 7.35. The van der Waals surface area contributed by atoms with E-state index < -0.39 is 10.0 Å². The Bertz CT molecular complexity index is 1030. The van der Waals surface area contributed by atoms with Crippen LogP contribution in [0, 0.1) is 0 Å². The summed E-state index contributed by atoms with van der Waals surface area (Å²) in [6, 6.07) is 18.6. The van der Waals surface area contributed by atoms with Crippen LogP contribution in [0.25, 0.3) is 10.8 Å². The van der Waals surface area contributed by atoms with Crippen LogP contribution in [0.4, 0.5) is 0 Å². The van der Waals surface area contributed by atoms with Crippen molar-refractivity contribution in [3.63, 3.8) is 0 Å². The summed E-state index contributed by atoms with van der Waals surface area (Å²) >= 11 is 0. The lowest BCUT2D eigenvalue weighted by molar-refractivity contribution is 0.388. The van der Waals surface area contributed by atoms with Gasteiger partial charge in [-0.1, -0.05) is 42.5 Å². The van der Waals surface area contributed by atoms with Gasteiger partial charge in [-0.05, 0) is 28.5 Å². The molecular formula is C20H21NO4S. The van der Waals surface area contributed by atoms with Crippen molar-refractivity contribution in [3.8, 4) is 11.5 Å². The van der Waals surface area contributed by atoms with E-state index in [-0.39, 0.29) is 17.2 Å². The molecule has 26 heavy (non-hydrogen) atoms. The molecule has 0 unspecified atom stereocenters. The monoisotopic (exact) mass is 371 g/mol. The van der Waals surface area contributed by atoms with E-state index in [2.05, 4.69) is 0 Å². The Labute approximate surface area is 153 Å². The van der Waals surface area contributed by atoms with Gasteiger partial charge in [0.2, 0.25) is 10.0 Å². The summed E-state index contributed by atoms with van der Waals surface area (Å²) in [6.07, 6.45) is 0. The zero-order chi connectivity index (χ0) is 18.7. The SMILES string of the molecule is COc1ccc(OC)c(S(=O)(=O)N(C)Cc2cccc3ccccc23)c1. The van der Waals surface area contributed by atoms with Crippen molar-refractivity contribution < 1.29 is 17.9 Å². The fourth-order valence-corrected chi connectivity index (χ4v) is 4.22. The minimum Gasteiger partial charge on any atom is -0.497 e. The van der Waals surface area contributed by atoms with Crippen LogP contribution in [0.5, 0.6) is 11.5 Å². The van der Waals surface area contributed by atoms with Crippen LogP contribution in [-0.2, 0) is 16.6 Å². The molecule has 5 nitrogen and oxygen atoms in total. The lowest BCUT2D eigenvalue weighted by Gasteiger charge is -2.20. The summed E-state index contributed by atoms with van der Waals surface area (Å²) in [5, 5.41) is 2.12. The summed E-state index contributed by atoms with van der Waals surface area (Å²) in [5.74, 6) is 0.749. The number of hydrogen-bond acceptors (Lipinski definition) is 4. The van der Waals surface area contributed by atoms with Gasteiger partial charge >= 0.3 is 0 Å². The molecule has 0 heterocycles. The predicted molar refractivity (Wildman–Crippen MR) is 102 cm³/mol. The number of benzene rings is 3. The first kappa shape index (κ1) is 18.2.